The van der Waals surface area contributed by atoms with Crippen LogP contribution in [0.2, 0.25) is 0 Å². The van der Waals surface area contributed by atoms with Crippen LogP contribution in [-0.2, 0) is 23.8 Å². The number of esters is 1. The van der Waals surface area contributed by atoms with Crippen molar-refractivity contribution in [3.63, 3.8) is 0 Å². The number of fused-ring (bicyclic) bond motifs is 5. The highest BCUT2D eigenvalue weighted by Gasteiger charge is 2.71. The molecule has 1 heterocycles. The molecule has 282 valence electrons. The second-order valence-electron chi connectivity index (χ2n) is 18.2. The van der Waals surface area contributed by atoms with Crippen molar-refractivity contribution in [2.75, 3.05) is 6.61 Å². The van der Waals surface area contributed by atoms with Crippen molar-refractivity contribution in [2.24, 2.45) is 39.9 Å². The van der Waals surface area contributed by atoms with Gasteiger partial charge in [-0.3, -0.25) is 9.59 Å². The number of rotatable bonds is 7. The van der Waals surface area contributed by atoms with Gasteiger partial charge in [0, 0.05) is 34.1 Å². The number of aliphatic hydroxyl groups is 1. The quantitative estimate of drug-likeness (QED) is 0.224. The number of hydrogen-bond donors (Lipinski definition) is 2. The monoisotopic (exact) mass is 713 g/mol. The lowest BCUT2D eigenvalue weighted by molar-refractivity contribution is -0.292. The number of carbonyl (C=O) groups excluding carboxylic acids is 3. The van der Waals surface area contributed by atoms with Crippen molar-refractivity contribution in [2.45, 2.75) is 125 Å². The van der Waals surface area contributed by atoms with E-state index >= 15 is 4.79 Å². The average Bonchev–Trinajstić information content (AvgIpc) is 3.09. The minimum Gasteiger partial charge on any atom is -0.456 e. The molecule has 2 aromatic carbocycles. The van der Waals surface area contributed by atoms with Gasteiger partial charge in [-0.25, -0.2) is 4.79 Å². The zero-order valence-corrected chi connectivity index (χ0v) is 32.9. The Balaban J connectivity index is 1.42. The van der Waals surface area contributed by atoms with Gasteiger partial charge in [-0.2, -0.15) is 0 Å². The molecule has 1 aliphatic heterocycles. The van der Waals surface area contributed by atoms with Gasteiger partial charge in [-0.15, -0.1) is 0 Å². The zero-order valence-electron chi connectivity index (χ0n) is 32.9. The maximum atomic E-state index is 15.0. The van der Waals surface area contributed by atoms with E-state index in [2.05, 4.69) is 33.0 Å². The summed E-state index contributed by atoms with van der Waals surface area (Å²) in [5.41, 5.74) is -1.07. The molecule has 2 bridgehead atoms. The summed E-state index contributed by atoms with van der Waals surface area (Å²) in [6.45, 7) is 22.8. The van der Waals surface area contributed by atoms with Crippen molar-refractivity contribution >= 4 is 17.7 Å². The number of nitrogens with one attached hydrogen (secondary N) is 1. The summed E-state index contributed by atoms with van der Waals surface area (Å²) in [6, 6.07) is 17.3. The first-order valence-electron chi connectivity index (χ1n) is 19.1. The van der Waals surface area contributed by atoms with Crippen LogP contribution >= 0.6 is 0 Å². The van der Waals surface area contributed by atoms with E-state index in [1.165, 1.54) is 0 Å². The molecule has 8 heteroatoms. The first kappa shape index (κ1) is 38.4. The third-order valence-electron chi connectivity index (χ3n) is 13.8. The van der Waals surface area contributed by atoms with Crippen LogP contribution in [-0.4, -0.2) is 58.9 Å². The molecular formula is C44H59NO7. The predicted molar refractivity (Wildman–Crippen MR) is 200 cm³/mol. The molecule has 1 saturated heterocycles. The SMILES string of the molecule is CC1=C2[C@@H](C)C(=O)[C@@]3(C)[C@H]([C@H](C)[C@](O)(C[C@@H]1OC(=O)[C@H](OC(C)(C)C)[C@@H](NC(=O)c1ccccc1)c1ccccc1)C2(C)C)[C@]1(C)CO[C@@H]1C[C@@H]3C. The maximum Gasteiger partial charge on any atom is 0.338 e. The Morgan fingerprint density at radius 2 is 1.56 bits per heavy atom. The second kappa shape index (κ2) is 13.2. The predicted octanol–water partition coefficient (Wildman–Crippen LogP) is 7.65. The van der Waals surface area contributed by atoms with Gasteiger partial charge in [0.1, 0.15) is 11.9 Å². The molecule has 52 heavy (non-hydrogen) atoms. The smallest absolute Gasteiger partial charge is 0.338 e. The van der Waals surface area contributed by atoms with Crippen molar-refractivity contribution in [3.8, 4) is 0 Å². The van der Waals surface area contributed by atoms with Crippen LogP contribution in [0.5, 0.6) is 0 Å². The molecule has 0 unspecified atom stereocenters. The van der Waals surface area contributed by atoms with E-state index in [0.29, 0.717) is 17.7 Å². The molecule has 0 radical (unpaired) electrons. The topological polar surface area (TPSA) is 111 Å². The van der Waals surface area contributed by atoms with Crippen molar-refractivity contribution in [3.05, 3.63) is 82.9 Å². The van der Waals surface area contributed by atoms with Crippen LogP contribution in [0.25, 0.3) is 0 Å². The first-order valence-corrected chi connectivity index (χ1v) is 19.1. The number of Topliss-reactive ketones (excluding diaryl/α,β-unsaturated/α-hetero) is 1. The van der Waals surface area contributed by atoms with Gasteiger partial charge in [0.2, 0.25) is 0 Å². The minimum atomic E-state index is -1.32. The fraction of sp³-hybridized carbons (Fsp3) is 0.614. The molecule has 2 saturated carbocycles. The number of amides is 1. The molecule has 6 rings (SSSR count). The summed E-state index contributed by atoms with van der Waals surface area (Å²) in [5, 5.41) is 16.4. The summed E-state index contributed by atoms with van der Waals surface area (Å²) in [4.78, 5) is 43.4. The number of carbonyl (C=O) groups is 3. The fourth-order valence-electron chi connectivity index (χ4n) is 11.0. The van der Waals surface area contributed by atoms with E-state index in [1.807, 2.05) is 84.9 Å². The number of ether oxygens (including phenoxy) is 3. The van der Waals surface area contributed by atoms with Crippen LogP contribution in [0, 0.1) is 39.9 Å². The molecule has 0 spiro atoms. The Hall–Kier alpha value is -3.33. The number of benzene rings is 2. The fourth-order valence-corrected chi connectivity index (χ4v) is 11.0. The standard InChI is InChI=1S/C44H59NO7/c1-25-22-32-42(10,24-50-32)36-28(4)44(49)23-31(26(2)33(41(44,8)9)27(3)37(46)43(25,36)11)51-39(48)35(52-40(5,6)7)34(29-18-14-12-15-19-29)45-38(47)30-20-16-13-17-21-30/h12-21,25,27-28,31-32,34-36,49H,22-24H2,1-11H3,(H,45,47)/t25-,27+,28-,31-,32+,34-,35+,36+,42+,43+,44+/m0/s1. The van der Waals surface area contributed by atoms with Crippen LogP contribution in [0.1, 0.15) is 111 Å². The van der Waals surface area contributed by atoms with E-state index in [9.17, 15) is 14.7 Å². The molecule has 2 N–H and O–H groups in total. The van der Waals surface area contributed by atoms with Gasteiger partial charge >= 0.3 is 5.97 Å². The van der Waals surface area contributed by atoms with Gasteiger partial charge < -0.3 is 24.6 Å². The van der Waals surface area contributed by atoms with Gasteiger partial charge in [0.15, 0.2) is 6.10 Å². The van der Waals surface area contributed by atoms with E-state index in [0.717, 1.165) is 17.6 Å². The first-order chi connectivity index (χ1) is 24.2. The molecule has 2 aromatic rings. The third-order valence-corrected chi connectivity index (χ3v) is 13.8. The van der Waals surface area contributed by atoms with Gasteiger partial charge in [0.05, 0.1) is 30.0 Å². The van der Waals surface area contributed by atoms with Crippen molar-refractivity contribution < 1.29 is 33.7 Å². The summed E-state index contributed by atoms with van der Waals surface area (Å²) >= 11 is 0. The Labute approximate surface area is 310 Å². The maximum absolute atomic E-state index is 15.0. The molecule has 11 atom stereocenters. The number of hydrogen-bond acceptors (Lipinski definition) is 7. The molecule has 1 amide bonds. The molecule has 3 aliphatic carbocycles. The van der Waals surface area contributed by atoms with Gasteiger partial charge in [0.25, 0.3) is 5.91 Å². The molecule has 4 aliphatic rings. The summed E-state index contributed by atoms with van der Waals surface area (Å²) in [6.07, 6.45) is -1.04. The van der Waals surface area contributed by atoms with Crippen LogP contribution in [0.15, 0.2) is 71.8 Å². The Morgan fingerprint density at radius 3 is 2.12 bits per heavy atom. The van der Waals surface area contributed by atoms with Gasteiger partial charge in [-0.1, -0.05) is 97.0 Å². The lowest BCUT2D eigenvalue weighted by atomic mass is 9.39. The van der Waals surface area contributed by atoms with E-state index in [1.54, 1.807) is 24.3 Å². The highest BCUT2D eigenvalue weighted by Crippen LogP contribution is 2.68. The van der Waals surface area contributed by atoms with Crippen LogP contribution in [0.4, 0.5) is 0 Å². The average molecular weight is 714 g/mol. The second-order valence-corrected chi connectivity index (χ2v) is 18.2. The van der Waals surface area contributed by atoms with Gasteiger partial charge in [-0.05, 0) is 80.7 Å². The highest BCUT2D eigenvalue weighted by atomic mass is 16.6. The Morgan fingerprint density at radius 1 is 0.962 bits per heavy atom. The largest absolute Gasteiger partial charge is 0.456 e. The van der Waals surface area contributed by atoms with E-state index in [4.69, 9.17) is 14.2 Å². The summed E-state index contributed by atoms with van der Waals surface area (Å²) < 4.78 is 19.2. The third kappa shape index (κ3) is 5.97. The Kier molecular flexibility index (Phi) is 9.75. The summed E-state index contributed by atoms with van der Waals surface area (Å²) in [5.74, 6) is -1.72. The van der Waals surface area contributed by atoms with Crippen LogP contribution in [0.3, 0.4) is 0 Å². The lowest BCUT2D eigenvalue weighted by Crippen LogP contribution is -2.73. The number of ketones is 1. The zero-order chi connectivity index (χ0) is 38.2. The minimum absolute atomic E-state index is 0.0301. The van der Waals surface area contributed by atoms with Crippen molar-refractivity contribution in [1.82, 2.24) is 5.32 Å². The van der Waals surface area contributed by atoms with E-state index < -0.39 is 52.2 Å². The van der Waals surface area contributed by atoms with Crippen LogP contribution < -0.4 is 5.32 Å². The summed E-state index contributed by atoms with van der Waals surface area (Å²) in [7, 11) is 0. The molecule has 0 aromatic heterocycles. The molecular weight excluding hydrogens is 654 g/mol. The van der Waals surface area contributed by atoms with E-state index in [-0.39, 0.29) is 47.4 Å². The highest BCUT2D eigenvalue weighted by molar-refractivity contribution is 5.95. The lowest BCUT2D eigenvalue weighted by Gasteiger charge is -2.69. The Bertz CT molecular complexity index is 1730. The molecule has 8 nitrogen and oxygen atoms in total. The molecule has 3 fully saturated rings. The van der Waals surface area contributed by atoms with Crippen molar-refractivity contribution in [1.29, 1.82) is 0 Å². The normalized spacial score (nSPS) is 36.6.